The van der Waals surface area contributed by atoms with Gasteiger partial charge in [-0.05, 0) is 38.5 Å². The maximum atomic E-state index is 12.6. The van der Waals surface area contributed by atoms with Crippen LogP contribution in [0.2, 0.25) is 0 Å². The number of ether oxygens (including phenoxy) is 1. The molecule has 2 saturated heterocycles. The van der Waals surface area contributed by atoms with Crippen LogP contribution in [0, 0.1) is 5.92 Å². The van der Waals surface area contributed by atoms with E-state index in [4.69, 9.17) is 4.74 Å². The molecule has 2 fully saturated rings. The Balaban J connectivity index is 1.31. The molecule has 0 bridgehead atoms. The normalized spacial score (nSPS) is 24.2. The number of rotatable bonds is 3. The minimum absolute atomic E-state index is 0.0386. The van der Waals surface area contributed by atoms with E-state index in [1.54, 1.807) is 6.20 Å². The van der Waals surface area contributed by atoms with Crippen LogP contribution < -0.4 is 5.32 Å². The number of piperidine rings is 1. The lowest BCUT2D eigenvalue weighted by Gasteiger charge is -2.32. The number of hydrogen-bond acceptors (Lipinski definition) is 4. The van der Waals surface area contributed by atoms with Gasteiger partial charge in [0.15, 0.2) is 0 Å². The summed E-state index contributed by atoms with van der Waals surface area (Å²) in [5, 5.41) is 3.05. The van der Waals surface area contributed by atoms with Crippen LogP contribution >= 0.6 is 0 Å². The van der Waals surface area contributed by atoms with Crippen molar-refractivity contribution in [3.05, 3.63) is 12.0 Å². The van der Waals surface area contributed by atoms with E-state index in [1.165, 1.54) is 6.42 Å². The number of aromatic nitrogens is 2. The summed E-state index contributed by atoms with van der Waals surface area (Å²) in [7, 11) is 0. The van der Waals surface area contributed by atoms with Crippen molar-refractivity contribution in [3.8, 4) is 0 Å². The smallest absolute Gasteiger partial charge is 0.251 e. The first-order valence-corrected chi connectivity index (χ1v) is 9.48. The fourth-order valence-electron chi connectivity index (χ4n) is 4.08. The number of anilines is 1. The van der Waals surface area contributed by atoms with Gasteiger partial charge in [0.05, 0.1) is 6.20 Å². The molecule has 1 atom stereocenters. The molecule has 25 heavy (non-hydrogen) atoms. The van der Waals surface area contributed by atoms with Crippen molar-refractivity contribution in [2.45, 2.75) is 57.6 Å². The van der Waals surface area contributed by atoms with E-state index in [2.05, 4.69) is 14.9 Å². The van der Waals surface area contributed by atoms with Gasteiger partial charge in [0.25, 0.3) is 5.91 Å². The predicted octanol–water partition coefficient (Wildman–Crippen LogP) is 1.58. The van der Waals surface area contributed by atoms with Gasteiger partial charge in [0.2, 0.25) is 5.91 Å². The van der Waals surface area contributed by atoms with Gasteiger partial charge in [0.1, 0.15) is 17.7 Å². The highest BCUT2D eigenvalue weighted by molar-refractivity contribution is 5.92. The van der Waals surface area contributed by atoms with Crippen LogP contribution in [0.4, 0.5) is 5.82 Å². The summed E-state index contributed by atoms with van der Waals surface area (Å²) in [6.45, 7) is 2.90. The lowest BCUT2D eigenvalue weighted by Crippen LogP contribution is -2.45. The number of likely N-dealkylation sites (tertiary alicyclic amines) is 1. The molecule has 3 aliphatic rings. The van der Waals surface area contributed by atoms with Gasteiger partial charge in [-0.2, -0.15) is 0 Å². The van der Waals surface area contributed by atoms with Crippen LogP contribution in [0.3, 0.4) is 0 Å². The molecule has 4 heterocycles. The Morgan fingerprint density at radius 1 is 1.12 bits per heavy atom. The lowest BCUT2D eigenvalue weighted by atomic mass is 9.95. The maximum absolute atomic E-state index is 12.6. The molecule has 0 saturated carbocycles. The van der Waals surface area contributed by atoms with Crippen LogP contribution in [0.5, 0.6) is 0 Å². The standard InChI is InChI=1S/C18H26N4O3/c23-17(20-16-12-19-15-5-1-2-8-22(15)16)13-6-9-21(10-7-13)18(24)14-4-3-11-25-14/h12-14H,1-11H2,(H,20,23)/t14-/m0/s1. The summed E-state index contributed by atoms with van der Waals surface area (Å²) in [4.78, 5) is 31.3. The number of carbonyl (C=O) groups excluding carboxylic acids is 2. The van der Waals surface area contributed by atoms with Crippen molar-refractivity contribution in [2.24, 2.45) is 5.92 Å². The first-order chi connectivity index (χ1) is 12.2. The third-order valence-corrected chi connectivity index (χ3v) is 5.60. The number of nitrogens with one attached hydrogen (secondary N) is 1. The van der Waals surface area contributed by atoms with E-state index in [9.17, 15) is 9.59 Å². The Labute approximate surface area is 147 Å². The zero-order chi connectivity index (χ0) is 17.2. The zero-order valence-electron chi connectivity index (χ0n) is 14.6. The highest BCUT2D eigenvalue weighted by atomic mass is 16.5. The monoisotopic (exact) mass is 346 g/mol. The van der Waals surface area contributed by atoms with Gasteiger partial charge in [-0.3, -0.25) is 9.59 Å². The number of imidazole rings is 1. The van der Waals surface area contributed by atoms with Crippen molar-refractivity contribution >= 4 is 17.6 Å². The Morgan fingerprint density at radius 2 is 1.96 bits per heavy atom. The molecule has 0 radical (unpaired) electrons. The van der Waals surface area contributed by atoms with Crippen LogP contribution in [-0.2, 0) is 27.3 Å². The Morgan fingerprint density at radius 3 is 2.72 bits per heavy atom. The number of aryl methyl sites for hydroxylation is 1. The van der Waals surface area contributed by atoms with Crippen LogP contribution in [-0.4, -0.2) is 52.1 Å². The van der Waals surface area contributed by atoms with Crippen molar-refractivity contribution in [1.82, 2.24) is 14.5 Å². The second-order valence-electron chi connectivity index (χ2n) is 7.26. The third kappa shape index (κ3) is 3.42. The molecule has 0 aromatic carbocycles. The third-order valence-electron chi connectivity index (χ3n) is 5.60. The second-order valence-corrected chi connectivity index (χ2v) is 7.26. The highest BCUT2D eigenvalue weighted by Crippen LogP contribution is 2.24. The number of nitrogens with zero attached hydrogens (tertiary/aromatic N) is 3. The number of hydrogen-bond donors (Lipinski definition) is 1. The Hall–Kier alpha value is -1.89. The fourth-order valence-corrected chi connectivity index (χ4v) is 4.08. The summed E-state index contributed by atoms with van der Waals surface area (Å²) in [5.74, 6) is 2.00. The number of fused-ring (bicyclic) bond motifs is 1. The molecule has 0 spiro atoms. The average molecular weight is 346 g/mol. The van der Waals surface area contributed by atoms with Crippen molar-refractivity contribution in [1.29, 1.82) is 0 Å². The lowest BCUT2D eigenvalue weighted by molar-refractivity contribution is -0.143. The minimum Gasteiger partial charge on any atom is -0.368 e. The summed E-state index contributed by atoms with van der Waals surface area (Å²) in [6.07, 6.45) is 8.02. The molecule has 0 unspecified atom stereocenters. The van der Waals surface area contributed by atoms with Gasteiger partial charge in [-0.25, -0.2) is 4.98 Å². The molecule has 1 aromatic heterocycles. The predicted molar refractivity (Wildman–Crippen MR) is 92.1 cm³/mol. The van der Waals surface area contributed by atoms with Crippen molar-refractivity contribution in [3.63, 3.8) is 0 Å². The van der Waals surface area contributed by atoms with E-state index in [1.807, 2.05) is 4.90 Å². The topological polar surface area (TPSA) is 76.5 Å². The van der Waals surface area contributed by atoms with Crippen LogP contribution in [0.15, 0.2) is 6.20 Å². The van der Waals surface area contributed by atoms with E-state index < -0.39 is 0 Å². The van der Waals surface area contributed by atoms with Gasteiger partial charge < -0.3 is 19.5 Å². The van der Waals surface area contributed by atoms with Gasteiger partial charge in [0, 0.05) is 38.6 Å². The van der Waals surface area contributed by atoms with E-state index in [-0.39, 0.29) is 23.8 Å². The summed E-state index contributed by atoms with van der Waals surface area (Å²) in [5.41, 5.74) is 0. The second kappa shape index (κ2) is 7.15. The summed E-state index contributed by atoms with van der Waals surface area (Å²) < 4.78 is 7.61. The molecule has 3 aliphatic heterocycles. The van der Waals surface area contributed by atoms with Crippen molar-refractivity contribution in [2.75, 3.05) is 25.0 Å². The summed E-state index contributed by atoms with van der Waals surface area (Å²) in [6, 6.07) is 0. The molecule has 2 amide bonds. The Bertz CT molecular complexity index is 643. The number of carbonyl (C=O) groups is 2. The fraction of sp³-hybridized carbons (Fsp3) is 0.722. The SMILES string of the molecule is O=C(Nc1cnc2n1CCCC2)C1CCN(C(=O)[C@@H]2CCCO2)CC1. The van der Waals surface area contributed by atoms with Crippen molar-refractivity contribution < 1.29 is 14.3 Å². The molecule has 1 N–H and O–H groups in total. The molecular formula is C18H26N4O3. The molecule has 7 heteroatoms. The van der Waals surface area contributed by atoms with Crippen LogP contribution in [0.25, 0.3) is 0 Å². The molecule has 4 rings (SSSR count). The van der Waals surface area contributed by atoms with Gasteiger partial charge in [-0.15, -0.1) is 0 Å². The zero-order valence-corrected chi connectivity index (χ0v) is 14.6. The van der Waals surface area contributed by atoms with E-state index >= 15 is 0 Å². The van der Waals surface area contributed by atoms with Crippen LogP contribution in [0.1, 0.15) is 44.3 Å². The molecule has 136 valence electrons. The molecule has 0 aliphatic carbocycles. The number of amides is 2. The van der Waals surface area contributed by atoms with Gasteiger partial charge >= 0.3 is 0 Å². The first kappa shape index (κ1) is 16.6. The molecular weight excluding hydrogens is 320 g/mol. The van der Waals surface area contributed by atoms with Gasteiger partial charge in [-0.1, -0.05) is 0 Å². The largest absolute Gasteiger partial charge is 0.368 e. The molecule has 1 aromatic rings. The van der Waals surface area contributed by atoms with E-state index in [0.717, 1.165) is 43.9 Å². The Kier molecular flexibility index (Phi) is 4.74. The first-order valence-electron chi connectivity index (χ1n) is 9.48. The molecule has 7 nitrogen and oxygen atoms in total. The minimum atomic E-state index is -0.260. The summed E-state index contributed by atoms with van der Waals surface area (Å²) >= 11 is 0. The highest BCUT2D eigenvalue weighted by Gasteiger charge is 2.33. The maximum Gasteiger partial charge on any atom is 0.251 e. The quantitative estimate of drug-likeness (QED) is 0.901. The van der Waals surface area contributed by atoms with E-state index in [0.29, 0.717) is 32.5 Å². The average Bonchev–Trinajstić information content (AvgIpc) is 3.32.